The lowest BCUT2D eigenvalue weighted by Gasteiger charge is -2.28. The van der Waals surface area contributed by atoms with E-state index in [1.807, 2.05) is 0 Å². The van der Waals surface area contributed by atoms with Crippen LogP contribution in [0.2, 0.25) is 0 Å². The van der Waals surface area contributed by atoms with Crippen molar-refractivity contribution < 1.29 is 4.42 Å². The number of para-hydroxylation sites is 1. The van der Waals surface area contributed by atoms with Crippen LogP contribution in [-0.2, 0) is 0 Å². The zero-order valence-electron chi connectivity index (χ0n) is 31.7. The number of furan rings is 1. The molecule has 0 bridgehead atoms. The fourth-order valence-corrected chi connectivity index (χ4v) is 8.64. The van der Waals surface area contributed by atoms with Gasteiger partial charge in [0.05, 0.1) is 16.8 Å². The molecule has 0 saturated carbocycles. The average Bonchev–Trinajstić information content (AvgIpc) is 3.69. The Kier molecular flexibility index (Phi) is 8.19. The number of hydrogen-bond donors (Lipinski definition) is 0. The van der Waals surface area contributed by atoms with Crippen molar-refractivity contribution in [3.8, 4) is 44.5 Å². The summed E-state index contributed by atoms with van der Waals surface area (Å²) in [7, 11) is 0. The SMILES string of the molecule is c1ccc(-c2ccc(-c3ccc(N(c4ccccc4-c4ccccc4)c4cccc5oc6c7ccccc7c(-c7ccc8ccccc8c7)cc6c45)cc3)cc2)cc1. The van der Waals surface area contributed by atoms with Gasteiger partial charge < -0.3 is 9.32 Å². The summed E-state index contributed by atoms with van der Waals surface area (Å²) in [6, 6.07) is 80.6. The lowest BCUT2D eigenvalue weighted by atomic mass is 9.93. The molecule has 0 aliphatic heterocycles. The highest BCUT2D eigenvalue weighted by Gasteiger charge is 2.23. The molecule has 0 N–H and O–H groups in total. The second-order valence-corrected chi connectivity index (χ2v) is 14.9. The molecule has 11 rings (SSSR count). The Bertz CT molecular complexity index is 3250. The molecule has 1 heterocycles. The van der Waals surface area contributed by atoms with Crippen LogP contribution in [0, 0.1) is 0 Å². The third kappa shape index (κ3) is 5.82. The van der Waals surface area contributed by atoms with Crippen LogP contribution in [0.25, 0.3) is 88.0 Å². The number of rotatable bonds is 7. The Morgan fingerprint density at radius 3 is 1.60 bits per heavy atom. The van der Waals surface area contributed by atoms with Crippen LogP contribution in [0.1, 0.15) is 0 Å². The number of anilines is 3. The topological polar surface area (TPSA) is 16.4 Å². The number of nitrogens with zero attached hydrogens (tertiary/aromatic N) is 1. The van der Waals surface area contributed by atoms with E-state index in [0.29, 0.717) is 0 Å². The fraction of sp³-hybridized carbons (Fsp3) is 0. The van der Waals surface area contributed by atoms with E-state index < -0.39 is 0 Å². The summed E-state index contributed by atoms with van der Waals surface area (Å²) in [5.74, 6) is 0. The first-order valence-corrected chi connectivity index (χ1v) is 19.8. The van der Waals surface area contributed by atoms with Gasteiger partial charge in [-0.15, -0.1) is 0 Å². The van der Waals surface area contributed by atoms with E-state index in [9.17, 15) is 0 Å². The summed E-state index contributed by atoms with van der Waals surface area (Å²) in [5, 5.41) is 6.89. The van der Waals surface area contributed by atoms with Gasteiger partial charge in [-0.25, -0.2) is 0 Å². The van der Waals surface area contributed by atoms with Crippen LogP contribution < -0.4 is 4.90 Å². The summed E-state index contributed by atoms with van der Waals surface area (Å²) in [6.45, 7) is 0. The molecule has 0 amide bonds. The van der Waals surface area contributed by atoms with Crippen LogP contribution in [0.5, 0.6) is 0 Å². The molecule has 0 radical (unpaired) electrons. The molecule has 272 valence electrons. The van der Waals surface area contributed by atoms with E-state index in [0.717, 1.165) is 61.1 Å². The van der Waals surface area contributed by atoms with Crippen molar-refractivity contribution in [1.82, 2.24) is 0 Å². The number of hydrogen-bond acceptors (Lipinski definition) is 2. The maximum absolute atomic E-state index is 6.90. The molecule has 58 heavy (non-hydrogen) atoms. The van der Waals surface area contributed by atoms with Crippen molar-refractivity contribution >= 4 is 60.5 Å². The van der Waals surface area contributed by atoms with Gasteiger partial charge in [0.25, 0.3) is 0 Å². The summed E-state index contributed by atoms with van der Waals surface area (Å²) in [6.07, 6.45) is 0. The van der Waals surface area contributed by atoms with Gasteiger partial charge in [-0.05, 0) is 97.6 Å². The Labute approximate surface area is 337 Å². The molecule has 0 atom stereocenters. The van der Waals surface area contributed by atoms with Crippen LogP contribution in [0.4, 0.5) is 17.1 Å². The molecular weight excluding hydrogens is 703 g/mol. The molecule has 2 heteroatoms. The van der Waals surface area contributed by atoms with Crippen molar-refractivity contribution in [3.63, 3.8) is 0 Å². The van der Waals surface area contributed by atoms with Crippen molar-refractivity contribution in [3.05, 3.63) is 224 Å². The third-order valence-electron chi connectivity index (χ3n) is 11.5. The molecule has 11 aromatic rings. The molecular formula is C56H37NO. The van der Waals surface area contributed by atoms with E-state index in [1.54, 1.807) is 0 Å². The van der Waals surface area contributed by atoms with E-state index >= 15 is 0 Å². The second kappa shape index (κ2) is 14.1. The van der Waals surface area contributed by atoms with Crippen molar-refractivity contribution in [1.29, 1.82) is 0 Å². The molecule has 0 spiro atoms. The van der Waals surface area contributed by atoms with Gasteiger partial charge in [-0.2, -0.15) is 0 Å². The first-order chi connectivity index (χ1) is 28.8. The van der Waals surface area contributed by atoms with Gasteiger partial charge >= 0.3 is 0 Å². The minimum atomic E-state index is 0.852. The predicted molar refractivity (Wildman–Crippen MR) is 245 cm³/mol. The van der Waals surface area contributed by atoms with Crippen molar-refractivity contribution in [2.75, 3.05) is 4.90 Å². The highest BCUT2D eigenvalue weighted by atomic mass is 16.3. The molecule has 0 saturated heterocycles. The molecule has 0 fully saturated rings. The zero-order valence-corrected chi connectivity index (χ0v) is 31.7. The maximum atomic E-state index is 6.90. The number of fused-ring (bicyclic) bond motifs is 6. The molecule has 0 aliphatic rings. The predicted octanol–water partition coefficient (Wildman–Crippen LogP) is 16.0. The first kappa shape index (κ1) is 33.6. The largest absolute Gasteiger partial charge is 0.455 e. The summed E-state index contributed by atoms with van der Waals surface area (Å²) in [5.41, 5.74) is 14.4. The van der Waals surface area contributed by atoms with Crippen LogP contribution in [-0.4, -0.2) is 0 Å². The quantitative estimate of drug-likeness (QED) is 0.162. The fourth-order valence-electron chi connectivity index (χ4n) is 8.64. The third-order valence-corrected chi connectivity index (χ3v) is 11.5. The van der Waals surface area contributed by atoms with Gasteiger partial charge in [0.2, 0.25) is 0 Å². The highest BCUT2D eigenvalue weighted by molar-refractivity contribution is 6.23. The zero-order chi connectivity index (χ0) is 38.4. The van der Waals surface area contributed by atoms with Crippen LogP contribution in [0.15, 0.2) is 229 Å². The number of benzene rings is 10. The van der Waals surface area contributed by atoms with E-state index in [-0.39, 0.29) is 0 Å². The van der Waals surface area contributed by atoms with Gasteiger partial charge in [-0.3, -0.25) is 0 Å². The normalized spacial score (nSPS) is 11.4. The van der Waals surface area contributed by atoms with Gasteiger partial charge in [0, 0.05) is 22.0 Å². The van der Waals surface area contributed by atoms with Gasteiger partial charge in [-0.1, -0.05) is 182 Å². The Balaban J connectivity index is 1.12. The summed E-state index contributed by atoms with van der Waals surface area (Å²) >= 11 is 0. The minimum Gasteiger partial charge on any atom is -0.455 e. The molecule has 2 nitrogen and oxygen atoms in total. The van der Waals surface area contributed by atoms with E-state index in [2.05, 4.69) is 229 Å². The lowest BCUT2D eigenvalue weighted by molar-refractivity contribution is 0.672. The van der Waals surface area contributed by atoms with E-state index in [1.165, 1.54) is 44.0 Å². The average molecular weight is 740 g/mol. The summed E-state index contributed by atoms with van der Waals surface area (Å²) in [4.78, 5) is 2.41. The molecule has 1 aromatic heterocycles. The van der Waals surface area contributed by atoms with Gasteiger partial charge in [0.1, 0.15) is 11.2 Å². The maximum Gasteiger partial charge on any atom is 0.143 e. The minimum absolute atomic E-state index is 0.852. The Morgan fingerprint density at radius 2 is 0.862 bits per heavy atom. The molecule has 0 aliphatic carbocycles. The Hall–Kier alpha value is -7.68. The highest BCUT2D eigenvalue weighted by Crippen LogP contribution is 2.48. The summed E-state index contributed by atoms with van der Waals surface area (Å²) < 4.78 is 6.90. The van der Waals surface area contributed by atoms with E-state index in [4.69, 9.17) is 4.42 Å². The van der Waals surface area contributed by atoms with Crippen LogP contribution in [0.3, 0.4) is 0 Å². The Morgan fingerprint density at radius 1 is 0.310 bits per heavy atom. The lowest BCUT2D eigenvalue weighted by Crippen LogP contribution is -2.11. The van der Waals surface area contributed by atoms with Crippen molar-refractivity contribution in [2.45, 2.75) is 0 Å². The monoisotopic (exact) mass is 739 g/mol. The smallest absolute Gasteiger partial charge is 0.143 e. The first-order valence-electron chi connectivity index (χ1n) is 19.8. The molecule has 10 aromatic carbocycles. The second-order valence-electron chi connectivity index (χ2n) is 14.9. The molecule has 0 unspecified atom stereocenters. The van der Waals surface area contributed by atoms with Crippen molar-refractivity contribution in [2.24, 2.45) is 0 Å². The van der Waals surface area contributed by atoms with Crippen LogP contribution >= 0.6 is 0 Å². The van der Waals surface area contributed by atoms with Gasteiger partial charge in [0.15, 0.2) is 0 Å². The standard InChI is InChI=1S/C56H37NO/c1-3-14-38(15-4-1)40-26-28-41(29-27-40)42-32-34-46(35-33-42)57(52-23-12-11-20-47(52)43-17-5-2-6-18-43)53-24-13-25-54-55(53)51-37-50(48-21-9-10-22-49(48)56(51)58-54)45-31-30-39-16-7-8-19-44(39)36-45/h1-37H.